The molecule has 3 aromatic rings. The second-order valence-corrected chi connectivity index (χ2v) is 5.05. The van der Waals surface area contributed by atoms with Crippen LogP contribution in [0.25, 0.3) is 11.0 Å². The Bertz CT molecular complexity index is 803. The lowest BCUT2D eigenvalue weighted by Gasteiger charge is -2.03. The van der Waals surface area contributed by atoms with Gasteiger partial charge in [0.1, 0.15) is 17.1 Å². The zero-order valence-electron chi connectivity index (χ0n) is 12.1. The second-order valence-electron chi connectivity index (χ2n) is 5.05. The van der Waals surface area contributed by atoms with Gasteiger partial charge in [0.2, 0.25) is 0 Å². The van der Waals surface area contributed by atoms with Crippen molar-refractivity contribution >= 4 is 16.9 Å². The largest absolute Gasteiger partial charge is 0.464 e. The number of ether oxygens (including phenoxy) is 1. The molecule has 0 aliphatic carbocycles. The van der Waals surface area contributed by atoms with Crippen LogP contribution in [-0.4, -0.2) is 5.97 Å². The molecule has 0 radical (unpaired) electrons. The topological polar surface area (TPSA) is 39.4 Å². The monoisotopic (exact) mass is 298 g/mol. The molecule has 2 aromatic carbocycles. The number of carbonyl (C=O) groups is 1. The van der Waals surface area contributed by atoms with Crippen molar-refractivity contribution < 1.29 is 18.3 Å². The summed E-state index contributed by atoms with van der Waals surface area (Å²) >= 11 is 0. The zero-order valence-corrected chi connectivity index (χ0v) is 12.1. The van der Waals surface area contributed by atoms with Gasteiger partial charge in [-0.3, -0.25) is 4.79 Å². The lowest BCUT2D eigenvalue weighted by Crippen LogP contribution is -2.10. The molecule has 22 heavy (non-hydrogen) atoms. The molecule has 0 aliphatic rings. The minimum Gasteiger partial charge on any atom is -0.464 e. The van der Waals surface area contributed by atoms with E-state index in [-0.39, 0.29) is 12.2 Å². The molecule has 1 aromatic heterocycles. The van der Waals surface area contributed by atoms with Crippen LogP contribution < -0.4 is 4.74 Å². The fourth-order valence-electron chi connectivity index (χ4n) is 2.31. The highest BCUT2D eigenvalue weighted by Crippen LogP contribution is 2.24. The van der Waals surface area contributed by atoms with Gasteiger partial charge in [-0.25, -0.2) is 4.39 Å². The van der Waals surface area contributed by atoms with Gasteiger partial charge >= 0.3 is 5.97 Å². The maximum atomic E-state index is 12.8. The summed E-state index contributed by atoms with van der Waals surface area (Å²) in [6, 6.07) is 11.3. The van der Waals surface area contributed by atoms with Gasteiger partial charge in [0, 0.05) is 10.9 Å². The molecule has 0 unspecified atom stereocenters. The Hall–Kier alpha value is -2.62. The molecule has 0 saturated heterocycles. The van der Waals surface area contributed by atoms with E-state index < -0.39 is 5.97 Å². The molecular formula is C18H15FO3. The smallest absolute Gasteiger partial charge is 0.315 e. The van der Waals surface area contributed by atoms with Crippen LogP contribution in [0.1, 0.15) is 18.1 Å². The Balaban J connectivity index is 1.77. The second kappa shape index (κ2) is 6.02. The highest BCUT2D eigenvalue weighted by molar-refractivity contribution is 5.86. The number of carbonyl (C=O) groups excluding carboxylic acids is 1. The summed E-state index contributed by atoms with van der Waals surface area (Å²) < 4.78 is 23.5. The summed E-state index contributed by atoms with van der Waals surface area (Å²) in [6.45, 7) is 2.07. The van der Waals surface area contributed by atoms with Crippen molar-refractivity contribution in [1.82, 2.24) is 0 Å². The molecule has 112 valence electrons. The van der Waals surface area contributed by atoms with Crippen molar-refractivity contribution in [1.29, 1.82) is 0 Å². The summed E-state index contributed by atoms with van der Waals surface area (Å²) in [4.78, 5) is 12.0. The lowest BCUT2D eigenvalue weighted by atomic mass is 10.1. The Morgan fingerprint density at radius 3 is 2.68 bits per heavy atom. The van der Waals surface area contributed by atoms with E-state index in [1.54, 1.807) is 6.26 Å². The van der Waals surface area contributed by atoms with Gasteiger partial charge in [0.05, 0.1) is 12.7 Å². The van der Waals surface area contributed by atoms with Gasteiger partial charge in [-0.2, -0.15) is 0 Å². The van der Waals surface area contributed by atoms with Gasteiger partial charge in [0.15, 0.2) is 0 Å². The number of hydrogen-bond acceptors (Lipinski definition) is 3. The number of aryl methyl sites for hydroxylation is 1. The highest BCUT2D eigenvalue weighted by atomic mass is 19.1. The number of benzene rings is 2. The normalized spacial score (nSPS) is 10.8. The van der Waals surface area contributed by atoms with Gasteiger partial charge in [-0.05, 0) is 48.4 Å². The van der Waals surface area contributed by atoms with Crippen LogP contribution in [0.4, 0.5) is 4.39 Å². The summed E-state index contributed by atoms with van der Waals surface area (Å²) in [6.07, 6.45) is 2.61. The van der Waals surface area contributed by atoms with E-state index in [0.717, 1.165) is 23.0 Å². The molecular weight excluding hydrogens is 283 g/mol. The third-order valence-corrected chi connectivity index (χ3v) is 3.51. The summed E-state index contributed by atoms with van der Waals surface area (Å²) in [5, 5.41) is 0.926. The van der Waals surface area contributed by atoms with Crippen molar-refractivity contribution in [3.8, 4) is 5.75 Å². The average Bonchev–Trinajstić information content (AvgIpc) is 2.91. The van der Waals surface area contributed by atoms with Crippen molar-refractivity contribution in [2.75, 3.05) is 0 Å². The van der Waals surface area contributed by atoms with Crippen LogP contribution in [0.15, 0.2) is 53.1 Å². The molecule has 0 amide bonds. The fraction of sp³-hybridized carbons (Fsp3) is 0.167. The van der Waals surface area contributed by atoms with E-state index in [1.165, 1.54) is 29.8 Å². The maximum Gasteiger partial charge on any atom is 0.315 e. The number of rotatable bonds is 4. The summed E-state index contributed by atoms with van der Waals surface area (Å²) in [7, 11) is 0. The standard InChI is InChI=1S/C18H15FO3/c1-2-12-3-8-17-16(9-12)13(11-21-17)10-18(20)22-15-6-4-14(19)5-7-15/h3-9,11H,2,10H2,1H3. The maximum absolute atomic E-state index is 12.8. The van der Waals surface area contributed by atoms with E-state index in [2.05, 4.69) is 6.92 Å². The van der Waals surface area contributed by atoms with E-state index in [4.69, 9.17) is 9.15 Å². The first-order chi connectivity index (χ1) is 10.7. The minimum atomic E-state index is -0.406. The number of fused-ring (bicyclic) bond motifs is 1. The van der Waals surface area contributed by atoms with E-state index in [9.17, 15) is 9.18 Å². The van der Waals surface area contributed by atoms with Crippen molar-refractivity contribution in [3.05, 3.63) is 65.7 Å². The van der Waals surface area contributed by atoms with Crippen molar-refractivity contribution in [3.63, 3.8) is 0 Å². The SMILES string of the molecule is CCc1ccc2occ(CC(=O)Oc3ccc(F)cc3)c2c1. The number of halogens is 1. The summed E-state index contributed by atoms with van der Waals surface area (Å²) in [5.41, 5.74) is 2.72. The van der Waals surface area contributed by atoms with Gasteiger partial charge in [-0.1, -0.05) is 13.0 Å². The molecule has 0 saturated carbocycles. The molecule has 0 atom stereocenters. The van der Waals surface area contributed by atoms with Crippen LogP contribution in [0.2, 0.25) is 0 Å². The van der Waals surface area contributed by atoms with Gasteiger partial charge in [-0.15, -0.1) is 0 Å². The van der Waals surface area contributed by atoms with Crippen LogP contribution in [0.3, 0.4) is 0 Å². The Morgan fingerprint density at radius 2 is 1.95 bits per heavy atom. The number of esters is 1. The highest BCUT2D eigenvalue weighted by Gasteiger charge is 2.12. The predicted molar refractivity (Wildman–Crippen MR) is 81.3 cm³/mol. The fourth-order valence-corrected chi connectivity index (χ4v) is 2.31. The van der Waals surface area contributed by atoms with Crippen LogP contribution in [0.5, 0.6) is 5.75 Å². The zero-order chi connectivity index (χ0) is 15.5. The van der Waals surface area contributed by atoms with Crippen LogP contribution >= 0.6 is 0 Å². The molecule has 3 rings (SSSR count). The molecule has 0 N–H and O–H groups in total. The molecule has 0 bridgehead atoms. The first-order valence-corrected chi connectivity index (χ1v) is 7.11. The number of hydrogen-bond donors (Lipinski definition) is 0. The molecule has 0 aliphatic heterocycles. The van der Waals surface area contributed by atoms with Crippen LogP contribution in [-0.2, 0) is 17.6 Å². The van der Waals surface area contributed by atoms with Crippen molar-refractivity contribution in [2.24, 2.45) is 0 Å². The summed E-state index contributed by atoms with van der Waals surface area (Å²) in [5.74, 6) is -0.447. The average molecular weight is 298 g/mol. The Labute approximate surface area is 127 Å². The molecule has 4 heteroatoms. The molecule has 0 fully saturated rings. The van der Waals surface area contributed by atoms with Gasteiger partial charge in [0.25, 0.3) is 0 Å². The van der Waals surface area contributed by atoms with E-state index in [1.807, 2.05) is 18.2 Å². The van der Waals surface area contributed by atoms with Crippen molar-refractivity contribution in [2.45, 2.75) is 19.8 Å². The first-order valence-electron chi connectivity index (χ1n) is 7.11. The van der Waals surface area contributed by atoms with Gasteiger partial charge < -0.3 is 9.15 Å². The molecule has 3 nitrogen and oxygen atoms in total. The lowest BCUT2D eigenvalue weighted by molar-refractivity contribution is -0.133. The quantitative estimate of drug-likeness (QED) is 0.533. The Morgan fingerprint density at radius 1 is 1.18 bits per heavy atom. The predicted octanol–water partition coefficient (Wildman–Crippen LogP) is 4.28. The molecule has 0 spiro atoms. The van der Waals surface area contributed by atoms with E-state index in [0.29, 0.717) is 5.75 Å². The molecule has 1 heterocycles. The Kier molecular flexibility index (Phi) is 3.92. The first kappa shape index (κ1) is 14.3. The van der Waals surface area contributed by atoms with Crippen LogP contribution in [0, 0.1) is 5.82 Å². The third kappa shape index (κ3) is 3.01. The van der Waals surface area contributed by atoms with E-state index >= 15 is 0 Å². The third-order valence-electron chi connectivity index (χ3n) is 3.51. The minimum absolute atomic E-state index is 0.109. The number of furan rings is 1.